The van der Waals surface area contributed by atoms with Crippen LogP contribution >= 0.6 is 0 Å². The Kier molecular flexibility index (Phi) is 52.8. The van der Waals surface area contributed by atoms with E-state index in [0.717, 1.165) is 128 Å². The molecule has 0 aromatic rings. The molecule has 0 aromatic carbocycles. The Bertz CT molecular complexity index is 1730. The van der Waals surface area contributed by atoms with Crippen LogP contribution in [0.4, 0.5) is 0 Å². The van der Waals surface area contributed by atoms with Gasteiger partial charge in [0, 0.05) is 6.42 Å². The SMILES string of the molecule is CC/C=C\C/C=C\C/C=C\C/C=C\C/C=C\CCCCCCCCCCCCC(O)C(=O)NC(COC1OC(CO)C(O)C(O)C1OC(=O)CCCCCCCCC/C=C/C=C/C=C/CC)C(O)/C=C/CCCCCCCCCCC. The molecule has 1 aliphatic heterocycles. The van der Waals surface area contributed by atoms with Gasteiger partial charge in [-0.05, 0) is 89.9 Å². The number of aliphatic hydroxyl groups excluding tert-OH is 5. The third kappa shape index (κ3) is 44.5. The topological polar surface area (TPSA) is 175 Å². The Morgan fingerprint density at radius 1 is 0.506 bits per heavy atom. The van der Waals surface area contributed by atoms with E-state index in [0.29, 0.717) is 12.8 Å². The number of esters is 1. The van der Waals surface area contributed by atoms with Gasteiger partial charge in [0.05, 0.1) is 25.4 Å². The molecule has 8 atom stereocenters. The van der Waals surface area contributed by atoms with E-state index in [-0.39, 0.29) is 19.4 Å². The average molecular weight is 1130 g/mol. The molecule has 0 aliphatic carbocycles. The number of unbranched alkanes of at least 4 members (excludes halogenated alkanes) is 26. The van der Waals surface area contributed by atoms with Crippen molar-refractivity contribution in [1.82, 2.24) is 5.32 Å². The quantitative estimate of drug-likeness (QED) is 0.0149. The fourth-order valence-corrected chi connectivity index (χ4v) is 9.62. The minimum absolute atomic E-state index is 0.105. The Morgan fingerprint density at radius 3 is 1.47 bits per heavy atom. The maximum absolute atomic E-state index is 13.5. The zero-order valence-corrected chi connectivity index (χ0v) is 51.4. The summed E-state index contributed by atoms with van der Waals surface area (Å²) in [6.45, 7) is 5.53. The normalized spacial score (nSPS) is 19.4. The highest BCUT2D eigenvalue weighted by Crippen LogP contribution is 2.26. The molecule has 81 heavy (non-hydrogen) atoms. The van der Waals surface area contributed by atoms with Crippen molar-refractivity contribution in [2.45, 2.75) is 307 Å². The smallest absolute Gasteiger partial charge is 0.306 e. The van der Waals surface area contributed by atoms with Gasteiger partial charge in [0.1, 0.15) is 24.4 Å². The summed E-state index contributed by atoms with van der Waals surface area (Å²) in [4.78, 5) is 26.6. The summed E-state index contributed by atoms with van der Waals surface area (Å²) < 4.78 is 17.6. The van der Waals surface area contributed by atoms with Crippen molar-refractivity contribution in [1.29, 1.82) is 0 Å². The molecular formula is C70H119NO10. The maximum Gasteiger partial charge on any atom is 0.306 e. The summed E-state index contributed by atoms with van der Waals surface area (Å²) in [5.74, 6) is -1.22. The third-order valence-electron chi connectivity index (χ3n) is 14.7. The zero-order chi connectivity index (χ0) is 58.9. The van der Waals surface area contributed by atoms with E-state index in [2.05, 4.69) is 117 Å². The molecule has 1 rings (SSSR count). The van der Waals surface area contributed by atoms with E-state index in [1.54, 1.807) is 6.08 Å². The van der Waals surface area contributed by atoms with Crippen molar-refractivity contribution in [3.63, 3.8) is 0 Å². The minimum Gasteiger partial charge on any atom is -0.454 e. The van der Waals surface area contributed by atoms with Crippen molar-refractivity contribution in [3.05, 3.63) is 109 Å². The van der Waals surface area contributed by atoms with Crippen molar-refractivity contribution in [2.24, 2.45) is 0 Å². The van der Waals surface area contributed by atoms with Crippen molar-refractivity contribution >= 4 is 11.9 Å². The number of hydrogen-bond donors (Lipinski definition) is 6. The first-order chi connectivity index (χ1) is 39.7. The second-order valence-corrected chi connectivity index (χ2v) is 22.1. The van der Waals surface area contributed by atoms with Gasteiger partial charge < -0.3 is 45.1 Å². The number of amides is 1. The highest BCUT2D eigenvalue weighted by molar-refractivity contribution is 5.80. The van der Waals surface area contributed by atoms with Gasteiger partial charge in [0.25, 0.3) is 0 Å². The highest BCUT2D eigenvalue weighted by atomic mass is 16.7. The molecule has 6 N–H and O–H groups in total. The van der Waals surface area contributed by atoms with Crippen molar-refractivity contribution < 1.29 is 49.3 Å². The second-order valence-electron chi connectivity index (χ2n) is 22.1. The molecular weight excluding hydrogens is 1010 g/mol. The molecule has 1 saturated heterocycles. The van der Waals surface area contributed by atoms with Gasteiger partial charge in [-0.25, -0.2) is 0 Å². The van der Waals surface area contributed by atoms with Crippen molar-refractivity contribution in [2.75, 3.05) is 13.2 Å². The zero-order valence-electron chi connectivity index (χ0n) is 51.4. The number of ether oxygens (including phenoxy) is 3. The number of allylic oxidation sites excluding steroid dienone is 17. The summed E-state index contributed by atoms with van der Waals surface area (Å²) in [7, 11) is 0. The molecule has 0 radical (unpaired) electrons. The number of rotatable bonds is 54. The van der Waals surface area contributed by atoms with Crippen LogP contribution in [-0.4, -0.2) is 99.6 Å². The van der Waals surface area contributed by atoms with Crippen LogP contribution in [-0.2, 0) is 23.8 Å². The first kappa shape index (κ1) is 75.3. The van der Waals surface area contributed by atoms with E-state index in [1.165, 1.54) is 83.5 Å². The number of carbonyl (C=O) groups is 2. The van der Waals surface area contributed by atoms with E-state index >= 15 is 0 Å². The van der Waals surface area contributed by atoms with Crippen LogP contribution in [0.3, 0.4) is 0 Å². The molecule has 11 nitrogen and oxygen atoms in total. The van der Waals surface area contributed by atoms with Crippen LogP contribution in [0.15, 0.2) is 109 Å². The van der Waals surface area contributed by atoms with Crippen LogP contribution in [0.25, 0.3) is 0 Å². The Balaban J connectivity index is 2.59. The fraction of sp³-hybridized carbons (Fsp3) is 0.714. The van der Waals surface area contributed by atoms with Crippen LogP contribution < -0.4 is 5.32 Å². The van der Waals surface area contributed by atoms with E-state index in [1.807, 2.05) is 12.2 Å². The summed E-state index contributed by atoms with van der Waals surface area (Å²) in [6.07, 6.45) is 67.0. The molecule has 0 bridgehead atoms. The summed E-state index contributed by atoms with van der Waals surface area (Å²) in [6, 6.07) is -1.03. The molecule has 1 amide bonds. The van der Waals surface area contributed by atoms with Gasteiger partial charge >= 0.3 is 5.97 Å². The van der Waals surface area contributed by atoms with Crippen LogP contribution in [0.1, 0.15) is 258 Å². The number of nitrogens with one attached hydrogen (secondary N) is 1. The second kappa shape index (κ2) is 56.8. The van der Waals surface area contributed by atoms with E-state index in [9.17, 15) is 35.1 Å². The third-order valence-corrected chi connectivity index (χ3v) is 14.7. The molecule has 0 aromatic heterocycles. The summed E-state index contributed by atoms with van der Waals surface area (Å²) >= 11 is 0. The first-order valence-electron chi connectivity index (χ1n) is 32.7. The standard InChI is InChI=1S/C70H119NO10/c1-4-7-10-13-16-19-22-24-26-27-28-29-30-31-32-33-34-35-36-38-39-42-45-48-51-54-57-63(74)69(78)71-61(62(73)56-53-50-47-44-41-21-18-15-12-9-6-3)60-79-70-68(67(77)66(76)64(59-72)80-70)81-65(75)58-55-52-49-46-43-40-37-25-23-20-17-14-11-8-5-2/h7-8,10-11,14,16-17,19-20,23-24,26,28-29,31-32,53,56,61-64,66-68,70,72-74,76-77H,4-6,9,12-13,15,18,21-22,25,27,30,33-52,54-55,57-60H2,1-3H3,(H,71,78)/b10-7-,11-8+,17-14+,19-16-,23-20+,26-24-,29-28-,32-31-,56-53+. The minimum atomic E-state index is -1.62. The molecule has 1 aliphatic rings. The first-order valence-corrected chi connectivity index (χ1v) is 32.7. The number of hydrogen-bond acceptors (Lipinski definition) is 10. The lowest BCUT2D eigenvalue weighted by Gasteiger charge is -2.41. The molecule has 464 valence electrons. The molecule has 1 fully saturated rings. The summed E-state index contributed by atoms with van der Waals surface area (Å²) in [5.41, 5.74) is 0. The highest BCUT2D eigenvalue weighted by Gasteiger charge is 2.47. The van der Waals surface area contributed by atoms with Gasteiger partial charge in [0.15, 0.2) is 12.4 Å². The van der Waals surface area contributed by atoms with Crippen molar-refractivity contribution in [3.8, 4) is 0 Å². The predicted molar refractivity (Wildman–Crippen MR) is 338 cm³/mol. The van der Waals surface area contributed by atoms with Gasteiger partial charge in [-0.15, -0.1) is 0 Å². The predicted octanol–water partition coefficient (Wildman–Crippen LogP) is 16.1. The van der Waals surface area contributed by atoms with Crippen LogP contribution in [0, 0.1) is 0 Å². The lowest BCUT2D eigenvalue weighted by atomic mass is 9.99. The molecule has 8 unspecified atom stereocenters. The number of aliphatic hydroxyl groups is 5. The Morgan fingerprint density at radius 2 is 0.951 bits per heavy atom. The van der Waals surface area contributed by atoms with Crippen LogP contribution in [0.2, 0.25) is 0 Å². The van der Waals surface area contributed by atoms with E-state index in [4.69, 9.17) is 14.2 Å². The molecule has 0 spiro atoms. The van der Waals surface area contributed by atoms with Gasteiger partial charge in [-0.2, -0.15) is 0 Å². The fourth-order valence-electron chi connectivity index (χ4n) is 9.62. The monoisotopic (exact) mass is 1130 g/mol. The van der Waals surface area contributed by atoms with E-state index < -0.39 is 67.4 Å². The van der Waals surface area contributed by atoms with Gasteiger partial charge in [-0.3, -0.25) is 9.59 Å². The Labute approximate surface area is 494 Å². The van der Waals surface area contributed by atoms with Gasteiger partial charge in [-0.1, -0.05) is 271 Å². The van der Waals surface area contributed by atoms with Gasteiger partial charge in [0.2, 0.25) is 5.91 Å². The number of carbonyl (C=O) groups excluding carboxylic acids is 2. The molecule has 0 saturated carbocycles. The van der Waals surface area contributed by atoms with Crippen LogP contribution in [0.5, 0.6) is 0 Å². The molecule has 11 heteroatoms. The Hall–Kier alpha value is -3.68. The lowest BCUT2D eigenvalue weighted by molar-refractivity contribution is -0.305. The molecule has 1 heterocycles. The maximum atomic E-state index is 13.5. The summed E-state index contributed by atoms with van der Waals surface area (Å²) in [5, 5.41) is 57.0. The lowest BCUT2D eigenvalue weighted by Crippen LogP contribution is -2.61. The average Bonchev–Trinajstić information content (AvgIpc) is 3.51. The largest absolute Gasteiger partial charge is 0.454 e.